The number of benzene rings is 2. The van der Waals surface area contributed by atoms with Crippen LogP contribution in [0, 0.1) is 18.3 Å². The van der Waals surface area contributed by atoms with Gasteiger partial charge in [-0.25, -0.2) is 4.98 Å². The number of hydrogen-bond donors (Lipinski definition) is 1. The zero-order chi connectivity index (χ0) is 21.1. The monoisotopic (exact) mass is 413 g/mol. The first-order valence-corrected chi connectivity index (χ1v) is 9.53. The van der Waals surface area contributed by atoms with Crippen LogP contribution in [0.5, 0.6) is 0 Å². The van der Waals surface area contributed by atoms with Gasteiger partial charge in [-0.15, -0.1) is 0 Å². The van der Waals surface area contributed by atoms with Gasteiger partial charge in [0.15, 0.2) is 11.6 Å². The van der Waals surface area contributed by atoms with Crippen molar-refractivity contribution in [3.8, 4) is 11.9 Å². The van der Waals surface area contributed by atoms with Crippen LogP contribution in [0.2, 0.25) is 5.02 Å². The van der Waals surface area contributed by atoms with Crippen LogP contribution in [-0.4, -0.2) is 20.7 Å². The number of rotatable bonds is 4. The van der Waals surface area contributed by atoms with Gasteiger partial charge in [-0.3, -0.25) is 4.79 Å². The van der Waals surface area contributed by atoms with Gasteiger partial charge in [0.05, 0.1) is 11.7 Å². The molecule has 2 aromatic heterocycles. The Morgan fingerprint density at radius 3 is 2.77 bits per heavy atom. The van der Waals surface area contributed by atoms with E-state index in [9.17, 15) is 10.1 Å². The van der Waals surface area contributed by atoms with Gasteiger partial charge in [0, 0.05) is 16.5 Å². The Bertz CT molecular complexity index is 1330. The van der Waals surface area contributed by atoms with Crippen LogP contribution in [0.25, 0.3) is 22.8 Å². The summed E-state index contributed by atoms with van der Waals surface area (Å²) in [6.07, 6.45) is 4.38. The van der Waals surface area contributed by atoms with Crippen LogP contribution in [0.1, 0.15) is 16.7 Å². The average Bonchev–Trinajstić information content (AvgIpc) is 3.15. The van der Waals surface area contributed by atoms with E-state index < -0.39 is 5.91 Å². The van der Waals surface area contributed by atoms with E-state index in [1.807, 2.05) is 49.4 Å². The number of pyridine rings is 1. The maximum Gasteiger partial charge on any atom is 0.249 e. The molecule has 2 heterocycles. The maximum absolute atomic E-state index is 12.5. The van der Waals surface area contributed by atoms with Crippen LogP contribution in [0.15, 0.2) is 66.9 Å². The molecule has 146 valence electrons. The van der Waals surface area contributed by atoms with Crippen molar-refractivity contribution in [2.24, 2.45) is 0 Å². The van der Waals surface area contributed by atoms with Crippen molar-refractivity contribution in [1.29, 1.82) is 5.26 Å². The normalized spacial score (nSPS) is 11.0. The van der Waals surface area contributed by atoms with Gasteiger partial charge >= 0.3 is 0 Å². The second-order valence-corrected chi connectivity index (χ2v) is 7.00. The van der Waals surface area contributed by atoms with Crippen LogP contribution in [0.3, 0.4) is 0 Å². The lowest BCUT2D eigenvalue weighted by Gasteiger charge is -2.10. The zero-order valence-corrected chi connectivity index (χ0v) is 16.8. The summed E-state index contributed by atoms with van der Waals surface area (Å²) in [5.41, 5.74) is 2.77. The van der Waals surface area contributed by atoms with E-state index in [2.05, 4.69) is 21.5 Å². The third-order valence-corrected chi connectivity index (χ3v) is 4.92. The van der Waals surface area contributed by atoms with Crippen LogP contribution in [-0.2, 0) is 4.79 Å². The molecule has 0 fully saturated rings. The molecule has 0 aliphatic carbocycles. The molecule has 6 nitrogen and oxygen atoms in total. The van der Waals surface area contributed by atoms with Crippen molar-refractivity contribution >= 4 is 40.3 Å². The molecule has 7 heteroatoms. The van der Waals surface area contributed by atoms with Gasteiger partial charge < -0.3 is 5.32 Å². The molecule has 0 unspecified atom stereocenters. The number of nitrogens with zero attached hydrogens (tertiary/aromatic N) is 4. The Morgan fingerprint density at radius 2 is 1.97 bits per heavy atom. The van der Waals surface area contributed by atoms with E-state index in [4.69, 9.17) is 11.6 Å². The van der Waals surface area contributed by atoms with Crippen molar-refractivity contribution in [2.75, 3.05) is 5.32 Å². The molecule has 4 rings (SSSR count). The Hall–Kier alpha value is -3.95. The maximum atomic E-state index is 12.5. The highest BCUT2D eigenvalue weighted by atomic mass is 35.5. The number of halogens is 1. The summed E-state index contributed by atoms with van der Waals surface area (Å²) in [4.78, 5) is 17.1. The molecule has 1 amide bonds. The van der Waals surface area contributed by atoms with E-state index in [0.717, 1.165) is 22.0 Å². The van der Waals surface area contributed by atoms with Crippen molar-refractivity contribution in [2.45, 2.75) is 6.92 Å². The van der Waals surface area contributed by atoms with Gasteiger partial charge in [0.25, 0.3) is 0 Å². The highest BCUT2D eigenvalue weighted by molar-refractivity contribution is 6.32. The minimum Gasteiger partial charge on any atom is -0.306 e. The molecule has 0 radical (unpaired) electrons. The molecule has 2 aromatic carbocycles. The second kappa shape index (κ2) is 8.19. The number of aromatic nitrogens is 3. The summed E-state index contributed by atoms with van der Waals surface area (Å²) in [6.45, 7) is 1.98. The highest BCUT2D eigenvalue weighted by Crippen LogP contribution is 2.24. The van der Waals surface area contributed by atoms with Crippen molar-refractivity contribution < 1.29 is 4.79 Å². The van der Waals surface area contributed by atoms with E-state index >= 15 is 0 Å². The molecular weight excluding hydrogens is 398 g/mol. The topological polar surface area (TPSA) is 83.6 Å². The number of aryl methyl sites for hydroxylation is 1. The number of nitrogens with one attached hydrogen (secondary N) is 1. The molecule has 0 aliphatic rings. The molecule has 0 aliphatic heterocycles. The molecule has 0 atom stereocenters. The fourth-order valence-electron chi connectivity index (χ4n) is 3.10. The molecule has 0 saturated heterocycles. The molecule has 1 N–H and O–H groups in total. The van der Waals surface area contributed by atoms with E-state index in [1.54, 1.807) is 18.2 Å². The molecule has 0 bridgehead atoms. The number of amides is 1. The zero-order valence-electron chi connectivity index (χ0n) is 16.0. The number of carbonyl (C=O) groups excluding carboxylic acids is 1. The summed E-state index contributed by atoms with van der Waals surface area (Å²) in [7, 11) is 0. The summed E-state index contributed by atoms with van der Waals surface area (Å²) in [6, 6.07) is 18.9. The summed E-state index contributed by atoms with van der Waals surface area (Å²) < 4.78 is 1.46. The average molecular weight is 414 g/mol. The number of para-hydroxylation sites is 1. The van der Waals surface area contributed by atoms with Gasteiger partial charge in [-0.05, 0) is 42.3 Å². The smallest absolute Gasteiger partial charge is 0.249 e. The first-order chi connectivity index (χ1) is 14.6. The lowest BCUT2D eigenvalue weighted by Crippen LogP contribution is -2.14. The number of anilines is 1. The van der Waals surface area contributed by atoms with Crippen LogP contribution >= 0.6 is 11.6 Å². The largest absolute Gasteiger partial charge is 0.306 e. The quantitative estimate of drug-likeness (QED) is 0.482. The van der Waals surface area contributed by atoms with Gasteiger partial charge in [-0.1, -0.05) is 48.0 Å². The predicted octanol–water partition coefficient (Wildman–Crippen LogP) is 4.91. The molecular formula is C23H16ClN5O. The second-order valence-electron chi connectivity index (χ2n) is 6.59. The van der Waals surface area contributed by atoms with Crippen molar-refractivity contribution in [3.63, 3.8) is 0 Å². The van der Waals surface area contributed by atoms with Crippen LogP contribution in [0.4, 0.5) is 5.82 Å². The minimum atomic E-state index is -0.411. The fourth-order valence-corrected chi connectivity index (χ4v) is 3.30. The van der Waals surface area contributed by atoms with Crippen LogP contribution < -0.4 is 5.32 Å². The van der Waals surface area contributed by atoms with Gasteiger partial charge in [0.2, 0.25) is 5.91 Å². The van der Waals surface area contributed by atoms with Crippen molar-refractivity contribution in [1.82, 2.24) is 14.8 Å². The Balaban J connectivity index is 1.68. The lowest BCUT2D eigenvalue weighted by atomic mass is 10.1. The Morgan fingerprint density at radius 1 is 1.20 bits per heavy atom. The van der Waals surface area contributed by atoms with E-state index in [-0.39, 0.29) is 11.4 Å². The molecule has 4 aromatic rings. The first kappa shape index (κ1) is 19.4. The number of hydrogen-bond acceptors (Lipinski definition) is 4. The Labute approximate surface area is 178 Å². The highest BCUT2D eigenvalue weighted by Gasteiger charge is 2.16. The summed E-state index contributed by atoms with van der Waals surface area (Å²) in [5.74, 6) is 0.359. The molecule has 30 heavy (non-hydrogen) atoms. The number of carbonyl (C=O) groups is 1. The van der Waals surface area contributed by atoms with Crippen molar-refractivity contribution in [3.05, 3.63) is 88.6 Å². The third-order valence-electron chi connectivity index (χ3n) is 4.58. The third kappa shape index (κ3) is 3.79. The van der Waals surface area contributed by atoms with Gasteiger partial charge in [-0.2, -0.15) is 15.0 Å². The molecule has 0 spiro atoms. The van der Waals surface area contributed by atoms with E-state index in [0.29, 0.717) is 10.8 Å². The fraction of sp³-hybridized carbons (Fsp3) is 0.0435. The molecule has 0 saturated carbocycles. The SMILES string of the molecule is Cc1cc(-n2ncc(C#N)c2NC(=O)/C=C/c2ccccc2Cl)nc2ccccc12. The number of fused-ring (bicyclic) bond motifs is 1. The Kier molecular flexibility index (Phi) is 5.29. The first-order valence-electron chi connectivity index (χ1n) is 9.15. The predicted molar refractivity (Wildman–Crippen MR) is 117 cm³/mol. The standard InChI is InChI=1S/C23H16ClN5O/c1-15-12-21(27-20-9-5-3-7-18(15)20)29-23(17(13-25)14-26-29)28-22(30)11-10-16-6-2-4-8-19(16)24/h2-12,14H,1H3,(H,28,30)/b11-10+. The van der Waals surface area contributed by atoms with E-state index in [1.165, 1.54) is 17.0 Å². The summed E-state index contributed by atoms with van der Waals surface area (Å²) in [5, 5.41) is 18.0. The minimum absolute atomic E-state index is 0.238. The lowest BCUT2D eigenvalue weighted by molar-refractivity contribution is -0.111. The number of nitriles is 1. The van der Waals surface area contributed by atoms with Gasteiger partial charge in [0.1, 0.15) is 11.6 Å². The summed E-state index contributed by atoms with van der Waals surface area (Å²) >= 11 is 6.12.